The lowest BCUT2D eigenvalue weighted by atomic mass is 10.1. The first-order chi connectivity index (χ1) is 8.21. The van der Waals surface area contributed by atoms with Gasteiger partial charge in [-0.1, -0.05) is 12.1 Å². The second kappa shape index (κ2) is 3.94. The molecule has 0 aliphatic carbocycles. The third-order valence-electron chi connectivity index (χ3n) is 2.43. The molecule has 7 heteroatoms. The van der Waals surface area contributed by atoms with Crippen LogP contribution in [-0.2, 0) is 10.2 Å². The quantitative estimate of drug-likeness (QED) is 0.888. The highest BCUT2D eigenvalue weighted by atomic mass is 32.2. The zero-order chi connectivity index (χ0) is 13.6. The molecule has 0 bridgehead atoms. The van der Waals surface area contributed by atoms with Crippen LogP contribution in [0.5, 0.6) is 0 Å². The van der Waals surface area contributed by atoms with E-state index in [1.807, 2.05) is 0 Å². The van der Waals surface area contributed by atoms with Crippen molar-refractivity contribution < 1.29 is 17.6 Å². The van der Waals surface area contributed by atoms with Crippen LogP contribution in [0.3, 0.4) is 0 Å². The summed E-state index contributed by atoms with van der Waals surface area (Å²) in [5.41, 5.74) is -1.36. The molecule has 1 amide bonds. The summed E-state index contributed by atoms with van der Waals surface area (Å²) in [5, 5.41) is 0. The molecular weight excluding hydrogens is 259 g/mol. The number of nitrogens with zero attached hydrogens (tertiary/aromatic N) is 1. The van der Waals surface area contributed by atoms with E-state index in [4.69, 9.17) is 0 Å². The molecule has 0 saturated heterocycles. The molecule has 0 radical (unpaired) electrons. The number of fused-ring (bicyclic) bond motifs is 1. The fraction of sp³-hybridized carbons (Fsp3) is 0.364. The van der Waals surface area contributed by atoms with E-state index in [2.05, 4.69) is 4.72 Å². The van der Waals surface area contributed by atoms with Crippen molar-refractivity contribution in [2.45, 2.75) is 19.5 Å². The molecule has 0 saturated carbocycles. The SMILES string of the molecule is CC(C)(F)CN1C(=O)c2ccccc2NS1(=O)=O. The van der Waals surface area contributed by atoms with Crippen molar-refractivity contribution in [3.8, 4) is 0 Å². The summed E-state index contributed by atoms with van der Waals surface area (Å²) >= 11 is 0. The molecule has 1 aliphatic rings. The Labute approximate surface area is 105 Å². The highest BCUT2D eigenvalue weighted by molar-refractivity contribution is 7.91. The Balaban J connectivity index is 2.47. The summed E-state index contributed by atoms with van der Waals surface area (Å²) in [6.45, 7) is 1.92. The summed E-state index contributed by atoms with van der Waals surface area (Å²) in [4.78, 5) is 12.1. The van der Waals surface area contributed by atoms with E-state index in [1.165, 1.54) is 26.0 Å². The molecule has 18 heavy (non-hydrogen) atoms. The van der Waals surface area contributed by atoms with E-state index in [1.54, 1.807) is 12.1 Å². The lowest BCUT2D eigenvalue weighted by Gasteiger charge is -2.31. The van der Waals surface area contributed by atoms with E-state index < -0.39 is 28.3 Å². The smallest absolute Gasteiger partial charge is 0.268 e. The summed E-state index contributed by atoms with van der Waals surface area (Å²) < 4.78 is 40.1. The summed E-state index contributed by atoms with van der Waals surface area (Å²) in [7, 11) is -4.03. The number of carbonyl (C=O) groups is 1. The van der Waals surface area contributed by atoms with Gasteiger partial charge in [0.15, 0.2) is 0 Å². The van der Waals surface area contributed by atoms with Crippen molar-refractivity contribution in [3.05, 3.63) is 29.8 Å². The maximum atomic E-state index is 13.6. The third-order valence-corrected chi connectivity index (χ3v) is 3.79. The Morgan fingerprint density at radius 1 is 1.33 bits per heavy atom. The molecule has 5 nitrogen and oxygen atoms in total. The minimum Gasteiger partial charge on any atom is -0.268 e. The Hall–Kier alpha value is -1.63. The van der Waals surface area contributed by atoms with Crippen LogP contribution in [0, 0.1) is 0 Å². The number of nitrogens with one attached hydrogen (secondary N) is 1. The van der Waals surface area contributed by atoms with Crippen LogP contribution < -0.4 is 4.72 Å². The Morgan fingerprint density at radius 3 is 2.56 bits per heavy atom. The number of para-hydroxylation sites is 1. The van der Waals surface area contributed by atoms with Crippen LogP contribution in [0.4, 0.5) is 10.1 Å². The zero-order valence-electron chi connectivity index (χ0n) is 9.97. The van der Waals surface area contributed by atoms with E-state index in [0.717, 1.165) is 0 Å². The highest BCUT2D eigenvalue weighted by Crippen LogP contribution is 2.27. The molecule has 0 atom stereocenters. The number of carbonyl (C=O) groups excluding carboxylic acids is 1. The minimum atomic E-state index is -4.03. The number of amides is 1. The van der Waals surface area contributed by atoms with Crippen molar-refractivity contribution in [1.82, 2.24) is 4.31 Å². The lowest BCUT2D eigenvalue weighted by molar-refractivity contribution is 0.0786. The average Bonchev–Trinajstić information content (AvgIpc) is 2.22. The molecule has 0 fully saturated rings. The van der Waals surface area contributed by atoms with Crippen molar-refractivity contribution in [3.63, 3.8) is 0 Å². The van der Waals surface area contributed by atoms with Gasteiger partial charge in [-0.05, 0) is 26.0 Å². The minimum absolute atomic E-state index is 0.218. The number of benzene rings is 1. The molecular formula is C11H13FN2O3S. The molecule has 0 unspecified atom stereocenters. The summed E-state index contributed by atoms with van der Waals surface area (Å²) in [6, 6.07) is 6.22. The molecule has 1 aromatic rings. The van der Waals surface area contributed by atoms with Gasteiger partial charge in [-0.3, -0.25) is 9.52 Å². The molecule has 0 aromatic heterocycles. The fourth-order valence-electron chi connectivity index (χ4n) is 1.69. The standard InChI is InChI=1S/C11H13FN2O3S/c1-11(2,12)7-14-10(15)8-5-3-4-6-9(8)13-18(14,16)17/h3-6,13H,7H2,1-2H3. The predicted molar refractivity (Wildman–Crippen MR) is 65.2 cm³/mol. The van der Waals surface area contributed by atoms with Gasteiger partial charge in [-0.25, -0.2) is 8.70 Å². The van der Waals surface area contributed by atoms with Gasteiger partial charge in [0, 0.05) is 0 Å². The lowest BCUT2D eigenvalue weighted by Crippen LogP contribution is -2.49. The molecule has 1 aliphatic heterocycles. The van der Waals surface area contributed by atoms with E-state index >= 15 is 0 Å². The first-order valence-corrected chi connectivity index (χ1v) is 6.77. The highest BCUT2D eigenvalue weighted by Gasteiger charge is 2.38. The molecule has 1 aromatic carbocycles. The van der Waals surface area contributed by atoms with Crippen molar-refractivity contribution in [1.29, 1.82) is 0 Å². The largest absolute Gasteiger partial charge is 0.326 e. The van der Waals surface area contributed by atoms with E-state index in [-0.39, 0.29) is 11.3 Å². The number of hydrogen-bond acceptors (Lipinski definition) is 3. The van der Waals surface area contributed by atoms with Gasteiger partial charge in [0.1, 0.15) is 5.67 Å². The first kappa shape index (κ1) is 12.8. The van der Waals surface area contributed by atoms with Gasteiger partial charge < -0.3 is 0 Å². The average molecular weight is 272 g/mol. The topological polar surface area (TPSA) is 66.5 Å². The van der Waals surface area contributed by atoms with E-state index in [0.29, 0.717) is 4.31 Å². The van der Waals surface area contributed by atoms with Gasteiger partial charge in [0.25, 0.3) is 5.91 Å². The fourth-order valence-corrected chi connectivity index (χ4v) is 3.05. The number of halogens is 1. The van der Waals surface area contributed by atoms with Crippen LogP contribution in [0.2, 0.25) is 0 Å². The molecule has 98 valence electrons. The van der Waals surface area contributed by atoms with Crippen molar-refractivity contribution >= 4 is 21.8 Å². The van der Waals surface area contributed by atoms with Crippen LogP contribution in [0.25, 0.3) is 0 Å². The third kappa shape index (κ3) is 2.31. The summed E-state index contributed by atoms with van der Waals surface area (Å²) in [5.74, 6) is -0.713. The number of anilines is 1. The number of alkyl halides is 1. The van der Waals surface area contributed by atoms with Gasteiger partial charge >= 0.3 is 10.2 Å². The first-order valence-electron chi connectivity index (χ1n) is 5.33. The van der Waals surface area contributed by atoms with Gasteiger partial charge in [-0.15, -0.1) is 0 Å². The summed E-state index contributed by atoms with van der Waals surface area (Å²) in [6.07, 6.45) is 0. The maximum Gasteiger partial charge on any atom is 0.326 e. The Bertz CT molecular complexity index is 593. The molecule has 2 rings (SSSR count). The van der Waals surface area contributed by atoms with Gasteiger partial charge in [0.05, 0.1) is 17.8 Å². The van der Waals surface area contributed by atoms with Gasteiger partial charge in [-0.2, -0.15) is 8.42 Å². The molecule has 1 heterocycles. The maximum absolute atomic E-state index is 13.6. The molecule has 0 spiro atoms. The van der Waals surface area contributed by atoms with Crippen molar-refractivity contribution in [2.75, 3.05) is 11.3 Å². The predicted octanol–water partition coefficient (Wildman–Crippen LogP) is 1.55. The van der Waals surface area contributed by atoms with Crippen LogP contribution in [0.15, 0.2) is 24.3 Å². The van der Waals surface area contributed by atoms with Crippen molar-refractivity contribution in [2.24, 2.45) is 0 Å². The molecule has 1 N–H and O–H groups in total. The monoisotopic (exact) mass is 272 g/mol. The second-order valence-corrected chi connectivity index (χ2v) is 6.28. The van der Waals surface area contributed by atoms with Crippen LogP contribution >= 0.6 is 0 Å². The second-order valence-electron chi connectivity index (χ2n) is 4.68. The van der Waals surface area contributed by atoms with Crippen LogP contribution in [-0.4, -0.2) is 30.8 Å². The van der Waals surface area contributed by atoms with Crippen LogP contribution in [0.1, 0.15) is 24.2 Å². The normalized spacial score (nSPS) is 18.2. The van der Waals surface area contributed by atoms with Gasteiger partial charge in [0.2, 0.25) is 0 Å². The Morgan fingerprint density at radius 2 is 1.94 bits per heavy atom. The zero-order valence-corrected chi connectivity index (χ0v) is 10.8. The van der Waals surface area contributed by atoms with E-state index in [9.17, 15) is 17.6 Å². The number of hydrogen-bond donors (Lipinski definition) is 1. The number of rotatable bonds is 2. The Kier molecular flexibility index (Phi) is 2.81.